The summed E-state index contributed by atoms with van der Waals surface area (Å²) in [6, 6.07) is 12.2. The number of carbonyl (C=O) groups excluding carboxylic acids is 1. The maximum Gasteiger partial charge on any atom is 0.323 e. The maximum absolute atomic E-state index is 12.4. The molecule has 0 radical (unpaired) electrons. The van der Waals surface area contributed by atoms with Crippen LogP contribution in [0.5, 0.6) is 11.5 Å². The number of ether oxygens (including phenoxy) is 3. The molecular weight excluding hydrogens is 454 g/mol. The second-order valence-electron chi connectivity index (χ2n) is 7.41. The molecule has 2 N–H and O–H groups in total. The molecule has 1 saturated heterocycles. The number of urea groups is 1. The monoisotopic (exact) mass is 481 g/mol. The van der Waals surface area contributed by atoms with Crippen LogP contribution in [0.4, 0.5) is 22.0 Å². The highest BCUT2D eigenvalue weighted by Gasteiger charge is 2.18. The van der Waals surface area contributed by atoms with Crippen LogP contribution in [0.15, 0.2) is 53.6 Å². The molecule has 0 unspecified atom stereocenters. The number of anilines is 3. The number of amides is 2. The lowest BCUT2D eigenvalue weighted by atomic mass is 10.2. The molecule has 0 bridgehead atoms. The van der Waals surface area contributed by atoms with Gasteiger partial charge in [-0.05, 0) is 42.7 Å². The Labute approximate surface area is 202 Å². The zero-order valence-electron chi connectivity index (χ0n) is 19.3. The highest BCUT2D eigenvalue weighted by atomic mass is 32.2. The third kappa shape index (κ3) is 5.52. The second kappa shape index (κ2) is 11.1. The van der Waals surface area contributed by atoms with Crippen LogP contribution in [0.3, 0.4) is 0 Å². The molecule has 1 aromatic heterocycles. The third-order valence-electron chi connectivity index (χ3n) is 5.31. The van der Waals surface area contributed by atoms with E-state index in [1.807, 2.05) is 36.7 Å². The topological polar surface area (TPSA) is 97.8 Å². The van der Waals surface area contributed by atoms with Gasteiger partial charge in [-0.25, -0.2) is 14.8 Å². The Bertz CT molecular complexity index is 1140. The molecule has 0 atom stereocenters. The predicted octanol–water partition coefficient (Wildman–Crippen LogP) is 4.36. The summed E-state index contributed by atoms with van der Waals surface area (Å²) in [6.07, 6.45) is 3.89. The molecule has 9 nitrogen and oxygen atoms in total. The number of nitrogens with zero attached hydrogens (tertiary/aromatic N) is 3. The highest BCUT2D eigenvalue weighted by Crippen LogP contribution is 2.31. The molecule has 4 rings (SSSR count). The van der Waals surface area contributed by atoms with Crippen LogP contribution in [0.25, 0.3) is 11.4 Å². The SMILES string of the molecule is COc1ccc(NC(=O)Nc2ccc(-c3ncc(SC)c(N4CCOCC4)n3)cc2)cc1OC. The van der Waals surface area contributed by atoms with Crippen LogP contribution in [0.1, 0.15) is 0 Å². The second-order valence-corrected chi connectivity index (χ2v) is 8.26. The zero-order valence-corrected chi connectivity index (χ0v) is 20.1. The molecule has 10 heteroatoms. The summed E-state index contributed by atoms with van der Waals surface area (Å²) in [7, 11) is 3.11. The Hall–Kier alpha value is -3.50. The molecule has 0 saturated carbocycles. The lowest BCUT2D eigenvalue weighted by Gasteiger charge is -2.29. The van der Waals surface area contributed by atoms with Gasteiger partial charge in [0.25, 0.3) is 0 Å². The largest absolute Gasteiger partial charge is 0.493 e. The van der Waals surface area contributed by atoms with Crippen molar-refractivity contribution in [3.05, 3.63) is 48.7 Å². The first kappa shape index (κ1) is 23.7. The van der Waals surface area contributed by atoms with E-state index in [-0.39, 0.29) is 6.03 Å². The number of aromatic nitrogens is 2. The lowest BCUT2D eigenvalue weighted by Crippen LogP contribution is -2.37. The summed E-state index contributed by atoms with van der Waals surface area (Å²) >= 11 is 1.63. The fourth-order valence-electron chi connectivity index (χ4n) is 3.56. The van der Waals surface area contributed by atoms with E-state index in [1.54, 1.807) is 44.2 Å². The normalized spacial score (nSPS) is 13.3. The first-order valence-corrected chi connectivity index (χ1v) is 12.0. The lowest BCUT2D eigenvalue weighted by molar-refractivity contribution is 0.122. The van der Waals surface area contributed by atoms with Gasteiger partial charge in [0.2, 0.25) is 0 Å². The molecule has 178 valence electrons. The van der Waals surface area contributed by atoms with E-state index < -0.39 is 0 Å². The van der Waals surface area contributed by atoms with Crippen LogP contribution in [0.2, 0.25) is 0 Å². The number of benzene rings is 2. The fraction of sp³-hybridized carbons (Fsp3) is 0.292. The van der Waals surface area contributed by atoms with E-state index in [0.717, 1.165) is 29.4 Å². The maximum atomic E-state index is 12.4. The quantitative estimate of drug-likeness (QED) is 0.481. The van der Waals surface area contributed by atoms with Crippen molar-refractivity contribution in [1.82, 2.24) is 9.97 Å². The van der Waals surface area contributed by atoms with Crippen LogP contribution in [-0.4, -0.2) is 62.8 Å². The number of methoxy groups -OCH3 is 2. The summed E-state index contributed by atoms with van der Waals surface area (Å²) in [4.78, 5) is 25.1. The summed E-state index contributed by atoms with van der Waals surface area (Å²) in [6.45, 7) is 3.00. The van der Waals surface area contributed by atoms with E-state index in [2.05, 4.69) is 20.5 Å². The number of thioether (sulfide) groups is 1. The van der Waals surface area contributed by atoms with Gasteiger partial charge in [0.15, 0.2) is 17.3 Å². The Kier molecular flexibility index (Phi) is 7.71. The molecule has 2 heterocycles. The van der Waals surface area contributed by atoms with Crippen LogP contribution >= 0.6 is 11.8 Å². The van der Waals surface area contributed by atoms with Crippen molar-refractivity contribution < 1.29 is 19.0 Å². The summed E-state index contributed by atoms with van der Waals surface area (Å²) in [5.74, 6) is 2.69. The van der Waals surface area contributed by atoms with E-state index in [4.69, 9.17) is 19.2 Å². The third-order valence-corrected chi connectivity index (χ3v) is 6.04. The Morgan fingerprint density at radius 2 is 1.68 bits per heavy atom. The predicted molar refractivity (Wildman–Crippen MR) is 134 cm³/mol. The van der Waals surface area contributed by atoms with Gasteiger partial charge in [-0.1, -0.05) is 0 Å². The van der Waals surface area contributed by atoms with Crippen LogP contribution in [-0.2, 0) is 4.74 Å². The Morgan fingerprint density at radius 1 is 1.00 bits per heavy atom. The van der Waals surface area contributed by atoms with Gasteiger partial charge < -0.3 is 29.7 Å². The number of hydrogen-bond donors (Lipinski definition) is 2. The summed E-state index contributed by atoms with van der Waals surface area (Å²) in [5.41, 5.74) is 2.11. The minimum absolute atomic E-state index is 0.366. The van der Waals surface area contributed by atoms with Crippen molar-refractivity contribution in [2.24, 2.45) is 0 Å². The number of carbonyl (C=O) groups is 1. The molecule has 2 aromatic carbocycles. The number of rotatable bonds is 7. The van der Waals surface area contributed by atoms with Crippen LogP contribution < -0.4 is 25.0 Å². The zero-order chi connectivity index (χ0) is 23.9. The van der Waals surface area contributed by atoms with E-state index in [9.17, 15) is 4.79 Å². The van der Waals surface area contributed by atoms with Crippen molar-refractivity contribution in [1.29, 1.82) is 0 Å². The van der Waals surface area contributed by atoms with E-state index in [1.165, 1.54) is 0 Å². The van der Waals surface area contributed by atoms with Crippen molar-refractivity contribution in [2.45, 2.75) is 4.90 Å². The standard InChI is InChI=1S/C24H27N5O4S/c1-31-19-9-8-18(14-20(19)32-2)27-24(30)26-17-6-4-16(5-7-17)22-25-15-21(34-3)23(28-22)29-10-12-33-13-11-29/h4-9,14-15H,10-13H2,1-3H3,(H2,26,27,30). The van der Waals surface area contributed by atoms with Gasteiger partial charge in [-0.2, -0.15) is 0 Å². The average molecular weight is 482 g/mol. The van der Waals surface area contributed by atoms with Gasteiger partial charge in [0.1, 0.15) is 5.82 Å². The molecule has 0 spiro atoms. The van der Waals surface area contributed by atoms with Gasteiger partial charge in [0, 0.05) is 42.3 Å². The van der Waals surface area contributed by atoms with Gasteiger partial charge in [-0.3, -0.25) is 0 Å². The highest BCUT2D eigenvalue weighted by molar-refractivity contribution is 7.98. The minimum atomic E-state index is -0.366. The molecule has 34 heavy (non-hydrogen) atoms. The van der Waals surface area contributed by atoms with E-state index >= 15 is 0 Å². The van der Waals surface area contributed by atoms with Crippen molar-refractivity contribution >= 4 is 35.0 Å². The van der Waals surface area contributed by atoms with Crippen LogP contribution in [0, 0.1) is 0 Å². The molecule has 0 aliphatic carbocycles. The summed E-state index contributed by atoms with van der Waals surface area (Å²) < 4.78 is 16.0. The van der Waals surface area contributed by atoms with Crippen molar-refractivity contribution in [3.8, 4) is 22.9 Å². The fourth-order valence-corrected chi connectivity index (χ4v) is 4.07. The Morgan fingerprint density at radius 3 is 2.35 bits per heavy atom. The van der Waals surface area contributed by atoms with Crippen molar-refractivity contribution in [2.75, 3.05) is 62.3 Å². The number of morpholine rings is 1. The van der Waals surface area contributed by atoms with Gasteiger partial charge in [-0.15, -0.1) is 11.8 Å². The van der Waals surface area contributed by atoms with Gasteiger partial charge >= 0.3 is 6.03 Å². The van der Waals surface area contributed by atoms with Gasteiger partial charge in [0.05, 0.1) is 32.3 Å². The van der Waals surface area contributed by atoms with Crippen molar-refractivity contribution in [3.63, 3.8) is 0 Å². The smallest absolute Gasteiger partial charge is 0.323 e. The van der Waals surface area contributed by atoms with E-state index in [0.29, 0.717) is 41.9 Å². The molecule has 1 aliphatic heterocycles. The first-order valence-electron chi connectivity index (χ1n) is 10.8. The molecule has 3 aromatic rings. The number of nitrogens with one attached hydrogen (secondary N) is 2. The minimum Gasteiger partial charge on any atom is -0.493 e. The Balaban J connectivity index is 1.44. The molecule has 1 aliphatic rings. The summed E-state index contributed by atoms with van der Waals surface area (Å²) in [5, 5.41) is 5.62. The first-order chi connectivity index (χ1) is 16.6. The molecular formula is C24H27N5O4S. The molecule has 2 amide bonds. The number of hydrogen-bond acceptors (Lipinski definition) is 8. The average Bonchev–Trinajstić information content (AvgIpc) is 2.89. The molecule has 1 fully saturated rings.